The Morgan fingerprint density at radius 2 is 2.25 bits per heavy atom. The summed E-state index contributed by atoms with van der Waals surface area (Å²) in [7, 11) is 0. The number of amides is 2. The lowest BCUT2D eigenvalue weighted by Crippen LogP contribution is -2.29. The number of aromatic nitrogens is 4. The van der Waals surface area contributed by atoms with Crippen molar-refractivity contribution in [3.8, 4) is 23.4 Å². The van der Waals surface area contributed by atoms with Crippen LogP contribution in [0.1, 0.15) is 19.8 Å². The number of benzene rings is 1. The first-order valence-electron chi connectivity index (χ1n) is 7.14. The molecule has 0 aliphatic carbocycles. The van der Waals surface area contributed by atoms with E-state index in [2.05, 4.69) is 37.1 Å². The Labute approximate surface area is 146 Å². The third-order valence-electron chi connectivity index (χ3n) is 3.23. The molecule has 2 heterocycles. The molecule has 8 heteroatoms. The molecule has 0 unspecified atom stereocenters. The summed E-state index contributed by atoms with van der Waals surface area (Å²) in [6.07, 6.45) is 1.46. The second kappa shape index (κ2) is 6.26. The number of hydrogen-bond acceptors (Lipinski definition) is 5. The molecule has 0 radical (unpaired) electrons. The van der Waals surface area contributed by atoms with Crippen molar-refractivity contribution in [2.45, 2.75) is 6.92 Å². The van der Waals surface area contributed by atoms with Crippen LogP contribution in [0.3, 0.4) is 0 Å². The summed E-state index contributed by atoms with van der Waals surface area (Å²) in [5, 5.41) is 2.37. The van der Waals surface area contributed by atoms with Gasteiger partial charge >= 0.3 is 6.03 Å². The lowest BCUT2D eigenvalue weighted by atomic mass is 10.2. The number of aromatic amines is 1. The molecule has 0 saturated heterocycles. The number of nitrogens with one attached hydrogen (secondary N) is 2. The molecular formula is C16H27N7O. The molecule has 0 bridgehead atoms. The van der Waals surface area contributed by atoms with Crippen molar-refractivity contribution in [2.75, 3.05) is 12.3 Å². The largest absolute Gasteiger partial charge is 0.382 e. The number of carbonyl (C=O) groups is 1. The fraction of sp³-hybridized carbons (Fsp3) is 0.125. The van der Waals surface area contributed by atoms with E-state index in [0.717, 1.165) is 16.6 Å². The Morgan fingerprint density at radius 3 is 3.04 bits per heavy atom. The molecule has 0 aliphatic heterocycles. The topological polar surface area (TPSA) is 136 Å². The number of aryl methyl sites for hydroxylation is 1. The maximum absolute atomic E-state index is 10.6. The molecule has 0 fully saturated rings. The molecular weight excluding hydrogens is 306 g/mol. The Balaban J connectivity index is -0.000000563. The molecule has 0 atom stereocenters. The molecule has 1 aromatic carbocycles. The Hall–Kier alpha value is -3.60. The van der Waals surface area contributed by atoms with Crippen LogP contribution in [0.15, 0.2) is 24.4 Å². The van der Waals surface area contributed by atoms with Crippen LogP contribution in [0.25, 0.3) is 22.6 Å². The number of anilines is 1. The number of fused-ring (bicyclic) bond motifs is 1. The highest BCUT2D eigenvalue weighted by atomic mass is 16.2. The van der Waals surface area contributed by atoms with Gasteiger partial charge in [-0.2, -0.15) is 0 Å². The molecule has 0 spiro atoms. The van der Waals surface area contributed by atoms with Crippen LogP contribution in [-0.4, -0.2) is 32.5 Å². The number of nitrogens with two attached hydrogens (primary N) is 2. The van der Waals surface area contributed by atoms with E-state index in [1.54, 1.807) is 0 Å². The van der Waals surface area contributed by atoms with Crippen molar-refractivity contribution in [1.82, 2.24) is 25.3 Å². The maximum atomic E-state index is 10.6. The number of primary amides is 1. The summed E-state index contributed by atoms with van der Waals surface area (Å²) in [6, 6.07) is 5.27. The number of hydrogen-bond donors (Lipinski definition) is 4. The number of imidazole rings is 1. The van der Waals surface area contributed by atoms with Gasteiger partial charge in [-0.15, -0.1) is 0 Å². The zero-order valence-electron chi connectivity index (χ0n) is 12.9. The highest BCUT2D eigenvalue weighted by molar-refractivity contribution is 5.81. The minimum Gasteiger partial charge on any atom is -0.382 e. The van der Waals surface area contributed by atoms with Gasteiger partial charge in [0, 0.05) is 8.56 Å². The van der Waals surface area contributed by atoms with E-state index in [0.29, 0.717) is 17.2 Å². The van der Waals surface area contributed by atoms with Crippen LogP contribution in [-0.2, 0) is 0 Å². The summed E-state index contributed by atoms with van der Waals surface area (Å²) in [6.45, 7) is 2.13. The molecule has 6 N–H and O–H groups in total. The zero-order chi connectivity index (χ0) is 17.1. The predicted octanol–water partition coefficient (Wildman–Crippen LogP) is 2.41. The summed E-state index contributed by atoms with van der Waals surface area (Å²) in [5.41, 5.74) is 14.6. The van der Waals surface area contributed by atoms with E-state index in [1.165, 1.54) is 6.20 Å². The van der Waals surface area contributed by atoms with E-state index in [9.17, 15) is 4.79 Å². The first-order valence-corrected chi connectivity index (χ1v) is 7.14. The Bertz CT molecular complexity index is 1000. The second-order valence-electron chi connectivity index (χ2n) is 5.11. The predicted molar refractivity (Wildman–Crippen MR) is 103 cm³/mol. The van der Waals surface area contributed by atoms with Crippen molar-refractivity contribution in [2.24, 2.45) is 5.73 Å². The maximum Gasteiger partial charge on any atom is 0.312 e. The molecule has 0 saturated carbocycles. The van der Waals surface area contributed by atoms with E-state index >= 15 is 0 Å². The first kappa shape index (κ1) is 15.3. The average molecular weight is 333 g/mol. The van der Waals surface area contributed by atoms with Gasteiger partial charge in [0.25, 0.3) is 0 Å². The van der Waals surface area contributed by atoms with Gasteiger partial charge in [0.2, 0.25) is 0 Å². The number of nitrogen functional groups attached to an aromatic ring is 1. The van der Waals surface area contributed by atoms with Crippen LogP contribution in [0.2, 0.25) is 0 Å². The quantitative estimate of drug-likeness (QED) is 0.534. The van der Waals surface area contributed by atoms with Gasteiger partial charge in [0.05, 0.1) is 23.8 Å². The Kier molecular flexibility index (Phi) is 3.99. The minimum absolute atomic E-state index is 0. The van der Waals surface area contributed by atoms with E-state index in [-0.39, 0.29) is 20.9 Å². The van der Waals surface area contributed by atoms with Crippen molar-refractivity contribution >= 4 is 22.9 Å². The summed E-state index contributed by atoms with van der Waals surface area (Å²) in [5.74, 6) is 6.30. The SMILES string of the molecule is Cc1ccc2nc(-c3nc(C#CCNC(N)=O)cnc3N)[nH]c2c1.[HH].[HH].[HH].[HH].[HH].[HH]. The monoisotopic (exact) mass is 333 g/mol. The minimum atomic E-state index is -0.633. The summed E-state index contributed by atoms with van der Waals surface area (Å²) in [4.78, 5) is 26.7. The molecule has 8 nitrogen and oxygen atoms in total. The van der Waals surface area contributed by atoms with Crippen molar-refractivity contribution < 1.29 is 13.4 Å². The molecule has 24 heavy (non-hydrogen) atoms. The van der Waals surface area contributed by atoms with Gasteiger partial charge in [-0.1, -0.05) is 12.0 Å². The van der Waals surface area contributed by atoms with Gasteiger partial charge in [0.1, 0.15) is 11.4 Å². The lowest BCUT2D eigenvalue weighted by Gasteiger charge is -2.00. The fourth-order valence-electron chi connectivity index (χ4n) is 2.13. The zero-order valence-corrected chi connectivity index (χ0v) is 12.9. The van der Waals surface area contributed by atoms with Gasteiger partial charge in [0.15, 0.2) is 11.6 Å². The number of carbonyl (C=O) groups excluding carboxylic acids is 1. The van der Waals surface area contributed by atoms with Crippen molar-refractivity contribution in [3.05, 3.63) is 35.7 Å². The standard InChI is InChI=1S/C16H15N7O.6H2/c1-9-4-5-11-12(7-9)23-15(22-11)13-14(17)20-8-10(21-13)3-2-6-19-16(18)24;;;;;;/h4-5,7-8H,6H2,1H3,(H2,17,20)(H,22,23)(H3,18,19,24);6*1H. The molecule has 3 rings (SSSR count). The molecule has 2 aromatic heterocycles. The van der Waals surface area contributed by atoms with E-state index < -0.39 is 6.03 Å². The summed E-state index contributed by atoms with van der Waals surface area (Å²) < 4.78 is 0. The normalized spacial score (nSPS) is 10.2. The van der Waals surface area contributed by atoms with Crippen LogP contribution in [0.5, 0.6) is 0 Å². The highest BCUT2D eigenvalue weighted by Crippen LogP contribution is 2.23. The van der Waals surface area contributed by atoms with Crippen LogP contribution < -0.4 is 16.8 Å². The van der Waals surface area contributed by atoms with Gasteiger partial charge in [-0.25, -0.2) is 19.7 Å². The third-order valence-corrected chi connectivity index (χ3v) is 3.23. The van der Waals surface area contributed by atoms with E-state index in [4.69, 9.17) is 11.5 Å². The molecule has 2 amide bonds. The van der Waals surface area contributed by atoms with Gasteiger partial charge in [-0.05, 0) is 30.5 Å². The van der Waals surface area contributed by atoms with Crippen LogP contribution in [0, 0.1) is 18.8 Å². The van der Waals surface area contributed by atoms with Crippen LogP contribution >= 0.6 is 0 Å². The Morgan fingerprint density at radius 1 is 1.42 bits per heavy atom. The second-order valence-corrected chi connectivity index (χ2v) is 5.11. The number of rotatable bonds is 2. The number of urea groups is 1. The van der Waals surface area contributed by atoms with Crippen molar-refractivity contribution in [1.29, 1.82) is 0 Å². The van der Waals surface area contributed by atoms with E-state index in [1.807, 2.05) is 25.1 Å². The van der Waals surface area contributed by atoms with Gasteiger partial charge in [-0.3, -0.25) is 0 Å². The number of nitrogens with zero attached hydrogens (tertiary/aromatic N) is 3. The third kappa shape index (κ3) is 3.25. The molecule has 3 aromatic rings. The lowest BCUT2D eigenvalue weighted by molar-refractivity contribution is 0.250. The fourth-order valence-corrected chi connectivity index (χ4v) is 2.13. The summed E-state index contributed by atoms with van der Waals surface area (Å²) >= 11 is 0. The van der Waals surface area contributed by atoms with Gasteiger partial charge < -0.3 is 21.8 Å². The molecule has 132 valence electrons. The average Bonchev–Trinajstić information content (AvgIpc) is 2.95. The highest BCUT2D eigenvalue weighted by Gasteiger charge is 2.12. The van der Waals surface area contributed by atoms with Crippen LogP contribution in [0.4, 0.5) is 10.6 Å². The van der Waals surface area contributed by atoms with Crippen molar-refractivity contribution in [3.63, 3.8) is 0 Å². The number of H-pyrrole nitrogens is 1. The first-order chi connectivity index (χ1) is 11.5. The smallest absolute Gasteiger partial charge is 0.312 e. The molecule has 0 aliphatic rings.